The van der Waals surface area contributed by atoms with E-state index in [-0.39, 0.29) is 12.5 Å². The molecule has 27 heavy (non-hydrogen) atoms. The zero-order chi connectivity index (χ0) is 20.2. The van der Waals surface area contributed by atoms with Crippen LogP contribution in [0.1, 0.15) is 123 Å². The Bertz CT molecular complexity index is 323. The minimum atomic E-state index is -0.645. The molecule has 162 valence electrons. The highest BCUT2D eigenvalue weighted by Crippen LogP contribution is 2.13. The molecule has 1 amide bonds. The highest BCUT2D eigenvalue weighted by atomic mass is 16.3. The number of rotatable bonds is 20. The molecule has 4 nitrogen and oxygen atoms in total. The van der Waals surface area contributed by atoms with E-state index in [1.807, 2.05) is 0 Å². The van der Waals surface area contributed by atoms with Crippen molar-refractivity contribution in [2.75, 3.05) is 6.61 Å². The number of hydrogen-bond acceptors (Lipinski definition) is 3. The topological polar surface area (TPSA) is 69.6 Å². The third-order valence-corrected chi connectivity index (χ3v) is 5.37. The zero-order valence-electron chi connectivity index (χ0n) is 18.2. The Morgan fingerprint density at radius 1 is 0.741 bits per heavy atom. The first kappa shape index (κ1) is 26.4. The second-order valence-electron chi connectivity index (χ2n) is 8.06. The van der Waals surface area contributed by atoms with Gasteiger partial charge in [-0.1, -0.05) is 104 Å². The second kappa shape index (κ2) is 20.1. The van der Waals surface area contributed by atoms with E-state index in [1.54, 1.807) is 0 Å². The first-order valence-electron chi connectivity index (χ1n) is 11.7. The molecule has 0 aromatic carbocycles. The predicted molar refractivity (Wildman–Crippen MR) is 115 cm³/mol. The Morgan fingerprint density at radius 2 is 1.19 bits per heavy atom. The lowest BCUT2D eigenvalue weighted by Crippen LogP contribution is -2.45. The largest absolute Gasteiger partial charge is 0.394 e. The molecular formula is C23H47NO3. The Hall–Kier alpha value is -0.610. The molecule has 0 spiro atoms. The maximum absolute atomic E-state index is 12.0. The highest BCUT2D eigenvalue weighted by molar-refractivity contribution is 5.76. The summed E-state index contributed by atoms with van der Waals surface area (Å²) in [6.07, 6.45) is 18.6. The van der Waals surface area contributed by atoms with Gasteiger partial charge in [0.2, 0.25) is 5.91 Å². The van der Waals surface area contributed by atoms with Gasteiger partial charge in [-0.05, 0) is 12.8 Å². The third kappa shape index (κ3) is 17.2. The van der Waals surface area contributed by atoms with Crippen LogP contribution < -0.4 is 5.32 Å². The van der Waals surface area contributed by atoms with Crippen LogP contribution in [0.2, 0.25) is 0 Å². The monoisotopic (exact) mass is 385 g/mol. The van der Waals surface area contributed by atoms with E-state index < -0.39 is 12.1 Å². The van der Waals surface area contributed by atoms with Crippen molar-refractivity contribution in [3.63, 3.8) is 0 Å². The van der Waals surface area contributed by atoms with Gasteiger partial charge >= 0.3 is 0 Å². The summed E-state index contributed by atoms with van der Waals surface area (Å²) < 4.78 is 0. The number of hydrogen-bond donors (Lipinski definition) is 3. The molecule has 0 aromatic rings. The molecule has 0 aliphatic rings. The van der Waals surface area contributed by atoms with Crippen molar-refractivity contribution in [3.8, 4) is 0 Å². The molecule has 0 radical (unpaired) electrons. The van der Waals surface area contributed by atoms with Crippen molar-refractivity contribution in [2.45, 2.75) is 135 Å². The number of nitrogens with one attached hydrogen (secondary N) is 1. The van der Waals surface area contributed by atoms with Gasteiger partial charge in [0.05, 0.1) is 18.8 Å². The van der Waals surface area contributed by atoms with E-state index in [1.165, 1.54) is 70.6 Å². The summed E-state index contributed by atoms with van der Waals surface area (Å²) in [5, 5.41) is 22.5. The van der Waals surface area contributed by atoms with E-state index in [0.29, 0.717) is 12.8 Å². The number of carbonyl (C=O) groups is 1. The molecule has 0 bridgehead atoms. The number of amides is 1. The molecule has 0 heterocycles. The molecule has 2 unspecified atom stereocenters. The number of carbonyl (C=O) groups excluding carboxylic acids is 1. The fraction of sp³-hybridized carbons (Fsp3) is 0.957. The van der Waals surface area contributed by atoms with Crippen LogP contribution in [0.5, 0.6) is 0 Å². The molecule has 0 saturated carbocycles. The summed E-state index contributed by atoms with van der Waals surface area (Å²) in [6.45, 7) is 4.24. The molecule has 2 atom stereocenters. The lowest BCUT2D eigenvalue weighted by Gasteiger charge is -2.22. The van der Waals surface area contributed by atoms with E-state index in [4.69, 9.17) is 0 Å². The quantitative estimate of drug-likeness (QED) is 0.242. The number of aliphatic hydroxyl groups excluding tert-OH is 2. The molecule has 0 fully saturated rings. The lowest BCUT2D eigenvalue weighted by atomic mass is 10.0. The molecule has 0 aliphatic carbocycles. The van der Waals surface area contributed by atoms with Crippen molar-refractivity contribution in [3.05, 3.63) is 0 Å². The van der Waals surface area contributed by atoms with Crippen molar-refractivity contribution in [1.82, 2.24) is 5.32 Å². The normalized spacial score (nSPS) is 13.5. The summed E-state index contributed by atoms with van der Waals surface area (Å²) in [5.74, 6) is -0.0457. The van der Waals surface area contributed by atoms with Gasteiger partial charge in [0.25, 0.3) is 0 Å². The minimum Gasteiger partial charge on any atom is -0.394 e. The third-order valence-electron chi connectivity index (χ3n) is 5.37. The van der Waals surface area contributed by atoms with Crippen LogP contribution in [0.4, 0.5) is 0 Å². The van der Waals surface area contributed by atoms with E-state index in [0.717, 1.165) is 25.7 Å². The number of aliphatic hydroxyl groups is 2. The van der Waals surface area contributed by atoms with Gasteiger partial charge in [0.15, 0.2) is 0 Å². The SMILES string of the molecule is CCCCCCCCCCCC(O)C(CO)NC(=O)CCCCCCCC. The predicted octanol–water partition coefficient (Wildman–Crippen LogP) is 5.50. The molecule has 0 aliphatic heterocycles. The van der Waals surface area contributed by atoms with Gasteiger partial charge < -0.3 is 15.5 Å². The van der Waals surface area contributed by atoms with Gasteiger partial charge in [0, 0.05) is 6.42 Å². The Kier molecular flexibility index (Phi) is 19.7. The van der Waals surface area contributed by atoms with Crippen LogP contribution in [0, 0.1) is 0 Å². The molecule has 0 saturated heterocycles. The molecular weight excluding hydrogens is 338 g/mol. The van der Waals surface area contributed by atoms with E-state index >= 15 is 0 Å². The fourth-order valence-electron chi connectivity index (χ4n) is 3.47. The summed E-state index contributed by atoms with van der Waals surface area (Å²) in [7, 11) is 0. The summed E-state index contributed by atoms with van der Waals surface area (Å²) in [6, 6.07) is -0.522. The smallest absolute Gasteiger partial charge is 0.220 e. The molecule has 3 N–H and O–H groups in total. The van der Waals surface area contributed by atoms with Crippen molar-refractivity contribution in [2.24, 2.45) is 0 Å². The molecule has 0 rings (SSSR count). The van der Waals surface area contributed by atoms with Crippen LogP contribution in [0.15, 0.2) is 0 Å². The van der Waals surface area contributed by atoms with Crippen molar-refractivity contribution < 1.29 is 15.0 Å². The maximum Gasteiger partial charge on any atom is 0.220 e. The zero-order valence-corrected chi connectivity index (χ0v) is 18.2. The van der Waals surface area contributed by atoms with Crippen LogP contribution >= 0.6 is 0 Å². The standard InChI is InChI=1S/C23H47NO3/c1-3-5-7-9-11-12-13-14-16-18-22(26)21(20-25)24-23(27)19-17-15-10-8-6-4-2/h21-22,25-26H,3-20H2,1-2H3,(H,24,27). The first-order chi connectivity index (χ1) is 13.2. The van der Waals surface area contributed by atoms with Crippen LogP contribution in [0.3, 0.4) is 0 Å². The summed E-state index contributed by atoms with van der Waals surface area (Å²) in [4.78, 5) is 12.0. The maximum atomic E-state index is 12.0. The summed E-state index contributed by atoms with van der Waals surface area (Å²) in [5.41, 5.74) is 0. The van der Waals surface area contributed by atoms with Crippen LogP contribution in [-0.4, -0.2) is 34.9 Å². The minimum absolute atomic E-state index is 0.0457. The molecule has 0 aromatic heterocycles. The average molecular weight is 386 g/mol. The average Bonchev–Trinajstić information content (AvgIpc) is 2.67. The van der Waals surface area contributed by atoms with Gasteiger partial charge in [0.1, 0.15) is 0 Å². The van der Waals surface area contributed by atoms with Gasteiger partial charge in [-0.15, -0.1) is 0 Å². The fourth-order valence-corrected chi connectivity index (χ4v) is 3.47. The second-order valence-corrected chi connectivity index (χ2v) is 8.06. The van der Waals surface area contributed by atoms with Crippen LogP contribution in [0.25, 0.3) is 0 Å². The Labute approximate surface area is 168 Å². The first-order valence-corrected chi connectivity index (χ1v) is 11.7. The van der Waals surface area contributed by atoms with Crippen molar-refractivity contribution >= 4 is 5.91 Å². The van der Waals surface area contributed by atoms with Gasteiger partial charge in [-0.2, -0.15) is 0 Å². The molecule has 4 heteroatoms. The van der Waals surface area contributed by atoms with Gasteiger partial charge in [-0.3, -0.25) is 4.79 Å². The van der Waals surface area contributed by atoms with E-state index in [2.05, 4.69) is 19.2 Å². The van der Waals surface area contributed by atoms with Gasteiger partial charge in [-0.25, -0.2) is 0 Å². The summed E-state index contributed by atoms with van der Waals surface area (Å²) >= 11 is 0. The van der Waals surface area contributed by atoms with E-state index in [9.17, 15) is 15.0 Å². The Balaban J connectivity index is 3.68. The Morgan fingerprint density at radius 3 is 1.67 bits per heavy atom. The van der Waals surface area contributed by atoms with Crippen LogP contribution in [-0.2, 0) is 4.79 Å². The number of unbranched alkanes of at least 4 members (excludes halogenated alkanes) is 13. The van der Waals surface area contributed by atoms with Crippen molar-refractivity contribution in [1.29, 1.82) is 0 Å². The highest BCUT2D eigenvalue weighted by Gasteiger charge is 2.19. The lowest BCUT2D eigenvalue weighted by molar-refractivity contribution is -0.123.